The summed E-state index contributed by atoms with van der Waals surface area (Å²) in [7, 11) is 3.83. The molecule has 1 aromatic rings. The molecular formula is C18H26N4O3. The van der Waals surface area contributed by atoms with Crippen LogP contribution in [-0.4, -0.2) is 50.3 Å². The molecule has 136 valence electrons. The Hall–Kier alpha value is -1.83. The third-order valence-electron chi connectivity index (χ3n) is 5.51. The number of likely N-dealkylation sites (N-methyl/N-ethyl adjacent to an activating group) is 1. The van der Waals surface area contributed by atoms with E-state index in [0.717, 1.165) is 11.3 Å². The number of ether oxygens (including phenoxy) is 2. The second kappa shape index (κ2) is 6.82. The van der Waals surface area contributed by atoms with Crippen LogP contribution in [0.2, 0.25) is 0 Å². The molecule has 0 radical (unpaired) electrons. The van der Waals surface area contributed by atoms with E-state index in [2.05, 4.69) is 16.2 Å². The molecule has 2 fully saturated rings. The molecule has 1 saturated heterocycles. The number of nitrogens with one attached hydrogen (secondary N) is 3. The molecule has 1 amide bonds. The first-order valence-electron chi connectivity index (χ1n) is 8.98. The molecule has 4 atom stereocenters. The topological polar surface area (TPSA) is 74.9 Å². The molecule has 7 nitrogen and oxygen atoms in total. The smallest absolute Gasteiger partial charge is 0.242 e. The van der Waals surface area contributed by atoms with Crippen molar-refractivity contribution in [3.05, 3.63) is 23.8 Å². The summed E-state index contributed by atoms with van der Waals surface area (Å²) in [6.45, 7) is 0.877. The number of fused-ring (bicyclic) bond motifs is 2. The molecule has 25 heavy (non-hydrogen) atoms. The van der Waals surface area contributed by atoms with Crippen molar-refractivity contribution in [2.24, 2.45) is 5.92 Å². The zero-order valence-electron chi connectivity index (χ0n) is 14.7. The van der Waals surface area contributed by atoms with E-state index in [-0.39, 0.29) is 18.7 Å². The van der Waals surface area contributed by atoms with Crippen molar-refractivity contribution in [1.82, 2.24) is 21.1 Å². The first-order chi connectivity index (χ1) is 12.1. The van der Waals surface area contributed by atoms with Gasteiger partial charge in [-0.05, 0) is 50.6 Å². The number of amides is 1. The number of carbonyl (C=O) groups is 1. The lowest BCUT2D eigenvalue weighted by Gasteiger charge is -2.25. The second-order valence-electron chi connectivity index (χ2n) is 7.32. The number of hydrogen-bond acceptors (Lipinski definition) is 6. The summed E-state index contributed by atoms with van der Waals surface area (Å²) in [5.74, 6) is 2.05. The number of hydrazine groups is 1. The van der Waals surface area contributed by atoms with Gasteiger partial charge in [0.2, 0.25) is 12.7 Å². The maximum Gasteiger partial charge on any atom is 0.242 e. The predicted octanol–water partition coefficient (Wildman–Crippen LogP) is 0.779. The minimum absolute atomic E-state index is 0.00659. The normalized spacial score (nSPS) is 28.2. The first kappa shape index (κ1) is 16.6. The standard InChI is InChI=1S/C18H26N4O3/c1-22(2)17(11-6-7-15-16(8-11)25-10-24-15)18(23)19-9-14-12-4-3-5-13(12)20-21-14/h6-8,12-14,17,20-21H,3-5,9-10H2,1-2H3,(H,19,23). The van der Waals surface area contributed by atoms with Crippen LogP contribution in [0.1, 0.15) is 30.9 Å². The summed E-state index contributed by atoms with van der Waals surface area (Å²) in [5, 5.41) is 3.13. The fourth-order valence-corrected chi connectivity index (χ4v) is 4.25. The molecule has 0 bridgehead atoms. The van der Waals surface area contributed by atoms with Crippen molar-refractivity contribution in [3.63, 3.8) is 0 Å². The molecular weight excluding hydrogens is 320 g/mol. The van der Waals surface area contributed by atoms with Gasteiger partial charge < -0.3 is 14.8 Å². The molecule has 4 rings (SSSR count). The van der Waals surface area contributed by atoms with Gasteiger partial charge in [-0.2, -0.15) is 0 Å². The van der Waals surface area contributed by atoms with Crippen LogP contribution < -0.4 is 25.6 Å². The Bertz CT molecular complexity index is 651. The molecule has 2 heterocycles. The van der Waals surface area contributed by atoms with Gasteiger partial charge in [0.05, 0.1) is 0 Å². The van der Waals surface area contributed by atoms with Crippen molar-refractivity contribution in [1.29, 1.82) is 0 Å². The lowest BCUT2D eigenvalue weighted by Crippen LogP contribution is -2.45. The number of hydrogen-bond donors (Lipinski definition) is 3. The molecule has 1 aromatic carbocycles. The Morgan fingerprint density at radius 2 is 2.12 bits per heavy atom. The van der Waals surface area contributed by atoms with E-state index in [1.54, 1.807) is 0 Å². The highest BCUT2D eigenvalue weighted by molar-refractivity contribution is 5.83. The predicted molar refractivity (Wildman–Crippen MR) is 93.2 cm³/mol. The Morgan fingerprint density at radius 1 is 1.28 bits per heavy atom. The lowest BCUT2D eigenvalue weighted by molar-refractivity contribution is -0.125. The molecule has 0 spiro atoms. The Kier molecular flexibility index (Phi) is 4.54. The summed E-state index contributed by atoms with van der Waals surface area (Å²) in [5.41, 5.74) is 7.61. The van der Waals surface area contributed by atoms with Gasteiger partial charge in [0, 0.05) is 18.6 Å². The summed E-state index contributed by atoms with van der Waals surface area (Å²) >= 11 is 0. The minimum Gasteiger partial charge on any atom is -0.454 e. The monoisotopic (exact) mass is 346 g/mol. The number of carbonyl (C=O) groups excluding carboxylic acids is 1. The number of benzene rings is 1. The fourth-order valence-electron chi connectivity index (χ4n) is 4.25. The zero-order chi connectivity index (χ0) is 17.4. The minimum atomic E-state index is -0.358. The summed E-state index contributed by atoms with van der Waals surface area (Å²) in [6, 6.07) is 6.20. The van der Waals surface area contributed by atoms with E-state index in [0.29, 0.717) is 30.3 Å². The van der Waals surface area contributed by atoms with Crippen LogP contribution in [0.4, 0.5) is 0 Å². The van der Waals surface area contributed by atoms with Crippen LogP contribution in [-0.2, 0) is 4.79 Å². The van der Waals surface area contributed by atoms with Crippen LogP contribution in [0.3, 0.4) is 0 Å². The molecule has 1 aliphatic carbocycles. The van der Waals surface area contributed by atoms with Crippen LogP contribution in [0.15, 0.2) is 18.2 Å². The van der Waals surface area contributed by atoms with E-state index in [9.17, 15) is 4.79 Å². The van der Waals surface area contributed by atoms with Gasteiger partial charge in [0.25, 0.3) is 0 Å². The second-order valence-corrected chi connectivity index (χ2v) is 7.32. The van der Waals surface area contributed by atoms with Gasteiger partial charge in [0.1, 0.15) is 6.04 Å². The van der Waals surface area contributed by atoms with Gasteiger partial charge in [-0.15, -0.1) is 0 Å². The Labute approximate surface area is 148 Å². The third kappa shape index (κ3) is 3.19. The fraction of sp³-hybridized carbons (Fsp3) is 0.611. The average molecular weight is 346 g/mol. The van der Waals surface area contributed by atoms with Crippen molar-refractivity contribution >= 4 is 5.91 Å². The molecule has 3 N–H and O–H groups in total. The maximum atomic E-state index is 12.9. The van der Waals surface area contributed by atoms with E-state index in [1.165, 1.54) is 19.3 Å². The highest BCUT2D eigenvalue weighted by atomic mass is 16.7. The van der Waals surface area contributed by atoms with Gasteiger partial charge in [0.15, 0.2) is 11.5 Å². The molecule has 7 heteroatoms. The van der Waals surface area contributed by atoms with E-state index < -0.39 is 0 Å². The van der Waals surface area contributed by atoms with Crippen molar-refractivity contribution in [2.45, 2.75) is 37.4 Å². The van der Waals surface area contributed by atoms with E-state index in [1.807, 2.05) is 37.2 Å². The molecule has 1 saturated carbocycles. The SMILES string of the molecule is CN(C)C(C(=O)NCC1NNC2CCCC21)c1ccc2c(c1)OCO2. The van der Waals surface area contributed by atoms with Crippen LogP contribution in [0.25, 0.3) is 0 Å². The van der Waals surface area contributed by atoms with E-state index in [4.69, 9.17) is 9.47 Å². The van der Waals surface area contributed by atoms with Crippen LogP contribution >= 0.6 is 0 Å². The summed E-state index contributed by atoms with van der Waals surface area (Å²) in [4.78, 5) is 14.8. The molecule has 3 aliphatic rings. The Balaban J connectivity index is 1.43. The average Bonchev–Trinajstić information content (AvgIpc) is 3.29. The van der Waals surface area contributed by atoms with Crippen LogP contribution in [0.5, 0.6) is 11.5 Å². The van der Waals surface area contributed by atoms with Crippen molar-refractivity contribution in [2.75, 3.05) is 27.4 Å². The number of rotatable bonds is 5. The summed E-state index contributed by atoms with van der Waals surface area (Å²) in [6.07, 6.45) is 3.72. The van der Waals surface area contributed by atoms with Gasteiger partial charge in [-0.3, -0.25) is 20.5 Å². The Morgan fingerprint density at radius 3 is 2.96 bits per heavy atom. The summed E-state index contributed by atoms with van der Waals surface area (Å²) < 4.78 is 10.8. The lowest BCUT2D eigenvalue weighted by atomic mass is 9.97. The van der Waals surface area contributed by atoms with Crippen molar-refractivity contribution < 1.29 is 14.3 Å². The zero-order valence-corrected chi connectivity index (χ0v) is 14.7. The van der Waals surface area contributed by atoms with Crippen molar-refractivity contribution in [3.8, 4) is 11.5 Å². The molecule has 0 aromatic heterocycles. The van der Waals surface area contributed by atoms with Crippen LogP contribution in [0, 0.1) is 5.92 Å². The largest absolute Gasteiger partial charge is 0.454 e. The first-order valence-corrected chi connectivity index (χ1v) is 8.98. The van der Waals surface area contributed by atoms with E-state index >= 15 is 0 Å². The highest BCUT2D eigenvalue weighted by Gasteiger charge is 2.39. The highest BCUT2D eigenvalue weighted by Crippen LogP contribution is 2.35. The molecule has 4 unspecified atom stereocenters. The number of nitrogens with zero attached hydrogens (tertiary/aromatic N) is 1. The molecule has 2 aliphatic heterocycles. The van der Waals surface area contributed by atoms with Gasteiger partial charge >= 0.3 is 0 Å². The van der Waals surface area contributed by atoms with Gasteiger partial charge in [-0.1, -0.05) is 12.5 Å². The quantitative estimate of drug-likeness (QED) is 0.732. The van der Waals surface area contributed by atoms with Gasteiger partial charge in [-0.25, -0.2) is 0 Å². The maximum absolute atomic E-state index is 12.9. The third-order valence-corrected chi connectivity index (χ3v) is 5.51.